The average Bonchev–Trinajstić information content (AvgIpc) is 2.15. The summed E-state index contributed by atoms with van der Waals surface area (Å²) in [5.74, 6) is 0. The van der Waals surface area contributed by atoms with Crippen molar-refractivity contribution in [2.75, 3.05) is 0 Å². The van der Waals surface area contributed by atoms with Gasteiger partial charge in [0, 0.05) is 0 Å². The number of amidine groups is 1. The van der Waals surface area contributed by atoms with Crippen LogP contribution >= 0.6 is 8.25 Å². The lowest BCUT2D eigenvalue weighted by molar-refractivity contribution is -0.179. The molecule has 8 heteroatoms. The molecule has 0 bridgehead atoms. The van der Waals surface area contributed by atoms with Gasteiger partial charge in [-0.25, -0.2) is 10.1 Å². The van der Waals surface area contributed by atoms with Crippen molar-refractivity contribution in [2.45, 2.75) is 0 Å². The summed E-state index contributed by atoms with van der Waals surface area (Å²) < 4.78 is 13.9. The van der Waals surface area contributed by atoms with Gasteiger partial charge in [0.25, 0.3) is 0 Å². The Morgan fingerprint density at radius 1 is 1.78 bits per heavy atom. The van der Waals surface area contributed by atoms with E-state index in [1.807, 2.05) is 0 Å². The van der Waals surface area contributed by atoms with E-state index in [1.54, 1.807) is 0 Å². The summed E-state index contributed by atoms with van der Waals surface area (Å²) in [5, 5.41) is 3.31. The first-order valence-corrected chi connectivity index (χ1v) is 3.04. The van der Waals surface area contributed by atoms with Gasteiger partial charge in [-0.1, -0.05) is 0 Å². The second-order valence-corrected chi connectivity index (χ2v) is 1.72. The zero-order chi connectivity index (χ0) is 6.69. The second-order valence-electron chi connectivity index (χ2n) is 1.09. The first-order chi connectivity index (χ1) is 4.29. The molecule has 0 saturated carbocycles. The predicted molar refractivity (Wildman–Crippen MR) is 25.5 cm³/mol. The molecule has 0 aromatic carbocycles. The average molecular weight is 150 g/mol. The van der Waals surface area contributed by atoms with Crippen molar-refractivity contribution in [3.63, 3.8) is 0 Å². The van der Waals surface area contributed by atoms with Gasteiger partial charge < -0.3 is 4.89 Å². The molecule has 0 spiro atoms. The maximum absolute atomic E-state index is 9.79. The number of nitrogens with one attached hydrogen (secondary N) is 3. The number of rotatable bonds is 1. The van der Waals surface area contributed by atoms with Crippen molar-refractivity contribution < 1.29 is 14.0 Å². The van der Waals surface area contributed by atoms with E-state index in [2.05, 4.69) is 26.1 Å². The second kappa shape index (κ2) is 2.58. The van der Waals surface area contributed by atoms with Crippen LogP contribution in [0.5, 0.6) is 0 Å². The molecule has 0 aliphatic carbocycles. The summed E-state index contributed by atoms with van der Waals surface area (Å²) in [7, 11) is -2.88. The van der Waals surface area contributed by atoms with Gasteiger partial charge in [-0.05, 0) is 4.57 Å². The Bertz CT molecular complexity index is 156. The largest absolute Gasteiger partial charge is 0.558 e. The number of hydrazine groups is 2. The van der Waals surface area contributed by atoms with Crippen LogP contribution in [-0.2, 0) is 9.09 Å². The molecule has 9 heavy (non-hydrogen) atoms. The molecule has 0 amide bonds. The molecule has 0 fully saturated rings. The molecule has 3 N–H and O–H groups in total. The summed E-state index contributed by atoms with van der Waals surface area (Å²) in [5.41, 5.74) is 6.76. The molecule has 1 atom stereocenters. The van der Waals surface area contributed by atoms with Gasteiger partial charge in [0.1, 0.15) is 0 Å². The highest BCUT2D eigenvalue weighted by molar-refractivity contribution is 7.31. The summed E-state index contributed by atoms with van der Waals surface area (Å²) >= 11 is 0. The monoisotopic (exact) mass is 150 g/mol. The Balaban J connectivity index is 2.35. The minimum absolute atomic E-state index is 0.119. The molecule has 0 aromatic heterocycles. The van der Waals surface area contributed by atoms with Crippen molar-refractivity contribution >= 4 is 14.3 Å². The van der Waals surface area contributed by atoms with Crippen molar-refractivity contribution in [3.8, 4) is 0 Å². The van der Waals surface area contributed by atoms with E-state index in [-0.39, 0.29) is 6.02 Å². The van der Waals surface area contributed by atoms with Crippen molar-refractivity contribution in [1.29, 1.82) is 0 Å². The van der Waals surface area contributed by atoms with E-state index in [9.17, 15) is 9.46 Å². The molecular weight excluding hydrogens is 147 g/mol. The molecule has 50 valence electrons. The van der Waals surface area contributed by atoms with E-state index >= 15 is 0 Å². The highest BCUT2D eigenvalue weighted by Crippen LogP contribution is 2.07. The maximum atomic E-state index is 9.79. The van der Waals surface area contributed by atoms with Crippen molar-refractivity contribution in [2.24, 2.45) is 5.10 Å². The molecule has 0 saturated heterocycles. The highest BCUT2D eigenvalue weighted by Gasteiger charge is 2.12. The van der Waals surface area contributed by atoms with Crippen molar-refractivity contribution in [3.05, 3.63) is 0 Å². The van der Waals surface area contributed by atoms with Crippen molar-refractivity contribution in [1.82, 2.24) is 16.5 Å². The number of hydrogen-bond acceptors (Lipinski definition) is 7. The van der Waals surface area contributed by atoms with Crippen LogP contribution in [0.15, 0.2) is 5.10 Å². The zero-order valence-electron chi connectivity index (χ0n) is 4.12. The smallest absolute Gasteiger partial charge is 0.542 e. The van der Waals surface area contributed by atoms with E-state index in [0.717, 1.165) is 0 Å². The Morgan fingerprint density at radius 3 is 3.00 bits per heavy atom. The molecular formula is CH3N4O3P. The van der Waals surface area contributed by atoms with Gasteiger partial charge in [0.05, 0.1) is 0 Å². The van der Waals surface area contributed by atoms with Gasteiger partial charge >= 0.3 is 14.3 Å². The number of hydrogen-bond donors (Lipinski definition) is 3. The van der Waals surface area contributed by atoms with Gasteiger partial charge in [-0.15, -0.1) is 10.6 Å². The van der Waals surface area contributed by atoms with E-state index in [1.165, 1.54) is 0 Å². The maximum Gasteiger partial charge on any atom is 0.542 e. The van der Waals surface area contributed by atoms with Gasteiger partial charge in [0.2, 0.25) is 0 Å². The highest BCUT2D eigenvalue weighted by atomic mass is 31.1. The first kappa shape index (κ1) is 6.21. The lowest BCUT2D eigenvalue weighted by atomic mass is 11.2. The fourth-order valence-electron chi connectivity index (χ4n) is 0.302. The van der Waals surface area contributed by atoms with Gasteiger partial charge in [-0.3, -0.25) is 5.43 Å². The Kier molecular flexibility index (Phi) is 1.78. The summed E-state index contributed by atoms with van der Waals surface area (Å²) in [6.45, 7) is 0. The van der Waals surface area contributed by atoms with Crippen LogP contribution in [0.3, 0.4) is 0 Å². The van der Waals surface area contributed by atoms with Crippen LogP contribution in [0.25, 0.3) is 0 Å². The Hall–Kier alpha value is -0.910. The van der Waals surface area contributed by atoms with E-state index in [4.69, 9.17) is 0 Å². The topological polar surface area (TPSA) is 97.8 Å². The standard InChI is InChI=1S/CH3N4O3P/c6-9(7)8-1-2-4-5-3-1/h4-5H,(H,2,3). The van der Waals surface area contributed by atoms with Gasteiger partial charge in [0.15, 0.2) is 0 Å². The van der Waals surface area contributed by atoms with Crippen LogP contribution in [-0.4, -0.2) is 6.02 Å². The molecule has 1 aliphatic heterocycles. The molecule has 1 unspecified atom stereocenters. The minimum atomic E-state index is -2.88. The summed E-state index contributed by atoms with van der Waals surface area (Å²) in [4.78, 5) is 9.79. The lowest BCUT2D eigenvalue weighted by Gasteiger charge is -1.90. The van der Waals surface area contributed by atoms with Crippen LogP contribution < -0.4 is 21.4 Å². The predicted octanol–water partition coefficient (Wildman–Crippen LogP) is -2.10. The van der Waals surface area contributed by atoms with E-state index < -0.39 is 8.25 Å². The fourth-order valence-corrected chi connectivity index (χ4v) is 0.530. The third-order valence-corrected chi connectivity index (χ3v) is 0.866. The van der Waals surface area contributed by atoms with Crippen LogP contribution in [0.2, 0.25) is 0 Å². The number of nitrogens with zero attached hydrogens (tertiary/aromatic N) is 1. The third kappa shape index (κ3) is 1.80. The Morgan fingerprint density at radius 2 is 2.56 bits per heavy atom. The summed E-state index contributed by atoms with van der Waals surface area (Å²) in [6.07, 6.45) is 0. The SMILES string of the molecule is O=[P+]([O-])OC1=NNNN1. The Labute approximate surface area is 51.0 Å². The normalized spacial score (nSPS) is 17.4. The minimum Gasteiger partial charge on any atom is -0.558 e. The molecule has 0 aromatic rings. The van der Waals surface area contributed by atoms with Crippen LogP contribution in [0, 0.1) is 0 Å². The zero-order valence-corrected chi connectivity index (χ0v) is 5.01. The van der Waals surface area contributed by atoms with Crippen LogP contribution in [0.4, 0.5) is 0 Å². The molecule has 1 rings (SSSR count). The number of hydrazone groups is 1. The molecule has 7 nitrogen and oxygen atoms in total. The molecule has 0 radical (unpaired) electrons. The lowest BCUT2D eigenvalue weighted by Crippen LogP contribution is -2.35. The molecule has 1 aliphatic rings. The molecule has 1 heterocycles. The van der Waals surface area contributed by atoms with Gasteiger partial charge in [-0.2, -0.15) is 0 Å². The van der Waals surface area contributed by atoms with Crippen LogP contribution in [0.1, 0.15) is 0 Å². The first-order valence-electron chi connectivity index (χ1n) is 1.95. The fraction of sp³-hybridized carbons (Fsp3) is 0. The summed E-state index contributed by atoms with van der Waals surface area (Å²) in [6, 6.07) is -0.119. The quantitative estimate of drug-likeness (QED) is 0.370. The van der Waals surface area contributed by atoms with E-state index in [0.29, 0.717) is 0 Å². The third-order valence-electron chi connectivity index (χ3n) is 0.544.